The van der Waals surface area contributed by atoms with Gasteiger partial charge in [-0.15, -0.1) is 0 Å². The molecule has 0 radical (unpaired) electrons. The largest absolute Gasteiger partial charge is 0.481 e. The lowest BCUT2D eigenvalue weighted by Crippen LogP contribution is -2.14. The quantitative estimate of drug-likeness (QED) is 0.555. The number of carboxylic acid groups (broad SMARTS) is 1. The number of carbonyl (C=O) groups is 1. The summed E-state index contributed by atoms with van der Waals surface area (Å²) in [5, 5.41) is 9.52. The Hall–Kier alpha value is -0.610. The van der Waals surface area contributed by atoms with Gasteiger partial charge in [-0.3, -0.25) is 9.00 Å². The maximum absolute atomic E-state index is 11.5. The zero-order chi connectivity index (χ0) is 15.6. The molecule has 0 aliphatic carbocycles. The van der Waals surface area contributed by atoms with Gasteiger partial charge in [0.2, 0.25) is 0 Å². The third-order valence-electron chi connectivity index (χ3n) is 2.86. The minimum Gasteiger partial charge on any atom is -0.481 e. The summed E-state index contributed by atoms with van der Waals surface area (Å²) in [5.41, 5.74) is 1.78. The number of hydrogen-bond acceptors (Lipinski definition) is 4. The lowest BCUT2D eigenvalue weighted by molar-refractivity contribution is -0.133. The van der Waals surface area contributed by atoms with Crippen molar-refractivity contribution in [3.8, 4) is 0 Å². The lowest BCUT2D eigenvalue weighted by atomic mass is 10.3. The van der Waals surface area contributed by atoms with Crippen molar-refractivity contribution in [2.45, 2.75) is 18.1 Å². The van der Waals surface area contributed by atoms with Gasteiger partial charge in [0.05, 0.1) is 16.8 Å². The molecule has 0 spiro atoms. The number of halogens is 1. The molecule has 21 heavy (non-hydrogen) atoms. The second-order valence-electron chi connectivity index (χ2n) is 4.67. The van der Waals surface area contributed by atoms with Gasteiger partial charge in [-0.05, 0) is 47.7 Å². The van der Waals surface area contributed by atoms with Gasteiger partial charge in [0.25, 0.3) is 0 Å². The number of hydrogen-bond donors (Lipinski definition) is 1. The normalized spacial score (nSPS) is 14.2. The molecule has 2 aromatic rings. The van der Waals surface area contributed by atoms with Crippen LogP contribution in [0.15, 0.2) is 23.4 Å². The molecular weight excluding hydrogens is 423 g/mol. The Morgan fingerprint density at radius 3 is 2.90 bits per heavy atom. The molecule has 5 nitrogen and oxygen atoms in total. The van der Waals surface area contributed by atoms with Crippen LogP contribution in [0, 0.1) is 3.57 Å². The molecule has 0 aliphatic rings. The van der Waals surface area contributed by atoms with Crippen molar-refractivity contribution >= 4 is 62.2 Å². The molecule has 2 unspecified atom stereocenters. The first-order chi connectivity index (χ1) is 9.88. The fraction of sp³-hybridized carbons (Fsp3) is 0.385. The summed E-state index contributed by atoms with van der Waals surface area (Å²) in [6, 6.07) is 5.93. The van der Waals surface area contributed by atoms with Gasteiger partial charge >= 0.3 is 5.97 Å². The van der Waals surface area contributed by atoms with Crippen LogP contribution in [0.4, 0.5) is 0 Å². The van der Waals surface area contributed by atoms with Crippen LogP contribution in [-0.4, -0.2) is 42.6 Å². The maximum atomic E-state index is 11.5. The highest BCUT2D eigenvalue weighted by Gasteiger charge is 2.18. The Morgan fingerprint density at radius 2 is 2.29 bits per heavy atom. The molecule has 0 saturated heterocycles. The Bertz CT molecular complexity index is 702. The van der Waals surface area contributed by atoms with Crippen molar-refractivity contribution in [3.63, 3.8) is 0 Å². The van der Waals surface area contributed by atoms with Crippen LogP contribution in [-0.2, 0) is 15.6 Å². The van der Waals surface area contributed by atoms with E-state index in [0.717, 1.165) is 14.6 Å². The zero-order valence-electron chi connectivity index (χ0n) is 11.6. The van der Waals surface area contributed by atoms with E-state index in [1.165, 1.54) is 11.8 Å². The summed E-state index contributed by atoms with van der Waals surface area (Å²) in [6.45, 7) is 1.98. The second-order valence-corrected chi connectivity index (χ2v) is 8.34. The van der Waals surface area contributed by atoms with Crippen LogP contribution < -0.4 is 0 Å². The van der Waals surface area contributed by atoms with Gasteiger partial charge in [0.1, 0.15) is 0 Å². The van der Waals surface area contributed by atoms with E-state index in [-0.39, 0.29) is 11.8 Å². The van der Waals surface area contributed by atoms with Gasteiger partial charge in [-0.2, -0.15) is 0 Å². The predicted octanol–water partition coefficient (Wildman–Crippen LogP) is 2.76. The average Bonchev–Trinajstić information content (AvgIpc) is 2.72. The Kier molecular flexibility index (Phi) is 5.67. The van der Waals surface area contributed by atoms with Crippen molar-refractivity contribution < 1.29 is 14.1 Å². The Morgan fingerprint density at radius 1 is 1.57 bits per heavy atom. The molecule has 8 heteroatoms. The number of carboxylic acids is 1. The maximum Gasteiger partial charge on any atom is 0.313 e. The number of benzene rings is 1. The van der Waals surface area contributed by atoms with Crippen LogP contribution in [0.1, 0.15) is 13.0 Å². The van der Waals surface area contributed by atoms with E-state index in [9.17, 15) is 9.00 Å². The van der Waals surface area contributed by atoms with E-state index in [0.29, 0.717) is 10.9 Å². The van der Waals surface area contributed by atoms with Gasteiger partial charge in [0.15, 0.2) is 5.16 Å². The summed E-state index contributed by atoms with van der Waals surface area (Å²) in [6.07, 6.45) is 1.67. The third-order valence-corrected chi connectivity index (χ3v) is 5.42. The summed E-state index contributed by atoms with van der Waals surface area (Å²) >= 11 is 3.41. The smallest absolute Gasteiger partial charge is 0.313 e. The highest BCUT2D eigenvalue weighted by molar-refractivity contribution is 14.1. The van der Waals surface area contributed by atoms with Gasteiger partial charge in [-0.1, -0.05) is 11.8 Å². The van der Waals surface area contributed by atoms with E-state index in [1.54, 1.807) is 6.26 Å². The summed E-state index contributed by atoms with van der Waals surface area (Å²) in [4.78, 5) is 15.3. The van der Waals surface area contributed by atoms with Crippen LogP contribution in [0.5, 0.6) is 0 Å². The number of thioether (sulfide) groups is 1. The molecule has 1 aromatic carbocycles. The van der Waals surface area contributed by atoms with Crippen molar-refractivity contribution in [2.24, 2.45) is 0 Å². The number of imidazole rings is 1. The first-order valence-corrected chi connectivity index (χ1v) is 9.99. The van der Waals surface area contributed by atoms with Crippen LogP contribution >= 0.6 is 34.4 Å². The van der Waals surface area contributed by atoms with E-state index in [4.69, 9.17) is 5.11 Å². The van der Waals surface area contributed by atoms with Crippen LogP contribution in [0.25, 0.3) is 11.0 Å². The molecule has 2 rings (SSSR count). The van der Waals surface area contributed by atoms with Crippen LogP contribution in [0.2, 0.25) is 0 Å². The standard InChI is InChI=1S/C13H15IN2O3S2/c1-8(7-21(2)19)16-11-4-3-9(14)5-10(11)15-13(16)20-6-12(17)18/h3-5,8H,6-7H2,1-2H3,(H,17,18). The SMILES string of the molecule is CC(CS(C)=O)n1c(SCC(=O)O)nc2cc(I)ccc21. The topological polar surface area (TPSA) is 72.2 Å². The minimum absolute atomic E-state index is 0.00260. The van der Waals surface area contributed by atoms with Gasteiger partial charge < -0.3 is 9.67 Å². The van der Waals surface area contributed by atoms with Crippen molar-refractivity contribution in [2.75, 3.05) is 17.8 Å². The summed E-state index contributed by atoms with van der Waals surface area (Å²) < 4.78 is 14.6. The fourth-order valence-corrected chi connectivity index (χ4v) is 4.25. The monoisotopic (exact) mass is 438 g/mol. The first kappa shape index (κ1) is 16.8. The van der Waals surface area contributed by atoms with E-state index < -0.39 is 16.8 Å². The van der Waals surface area contributed by atoms with Gasteiger partial charge in [-0.25, -0.2) is 4.98 Å². The Balaban J connectivity index is 2.48. The first-order valence-electron chi connectivity index (χ1n) is 6.20. The molecule has 1 N–H and O–H groups in total. The zero-order valence-corrected chi connectivity index (χ0v) is 15.4. The number of fused-ring (bicyclic) bond motifs is 1. The number of aliphatic carboxylic acids is 1. The third kappa shape index (κ3) is 4.19. The highest BCUT2D eigenvalue weighted by Crippen LogP contribution is 2.29. The second kappa shape index (κ2) is 7.10. The van der Waals surface area contributed by atoms with Crippen molar-refractivity contribution in [3.05, 3.63) is 21.8 Å². The molecular formula is C13H15IN2O3S2. The molecule has 0 bridgehead atoms. The summed E-state index contributed by atoms with van der Waals surface area (Å²) in [5.74, 6) is -0.402. The fourth-order valence-electron chi connectivity index (χ4n) is 2.12. The van der Waals surface area contributed by atoms with Crippen molar-refractivity contribution in [1.82, 2.24) is 9.55 Å². The summed E-state index contributed by atoms with van der Waals surface area (Å²) in [7, 11) is -0.924. The number of nitrogens with zero attached hydrogens (tertiary/aromatic N) is 2. The van der Waals surface area contributed by atoms with E-state index in [1.807, 2.05) is 29.7 Å². The lowest BCUT2D eigenvalue weighted by Gasteiger charge is -2.16. The molecule has 1 heterocycles. The minimum atomic E-state index is -0.924. The van der Waals surface area contributed by atoms with Gasteiger partial charge in [0, 0.05) is 32.4 Å². The molecule has 114 valence electrons. The molecule has 0 fully saturated rings. The molecule has 0 amide bonds. The van der Waals surface area contributed by atoms with E-state index >= 15 is 0 Å². The molecule has 1 aromatic heterocycles. The molecule has 2 atom stereocenters. The highest BCUT2D eigenvalue weighted by atomic mass is 127. The predicted molar refractivity (Wildman–Crippen MR) is 94.5 cm³/mol. The number of aromatic nitrogens is 2. The molecule has 0 saturated carbocycles. The van der Waals surface area contributed by atoms with Crippen LogP contribution in [0.3, 0.4) is 0 Å². The molecule has 0 aliphatic heterocycles. The Labute approximate surface area is 143 Å². The average molecular weight is 438 g/mol. The van der Waals surface area contributed by atoms with Crippen molar-refractivity contribution in [1.29, 1.82) is 0 Å². The number of rotatable bonds is 6. The van der Waals surface area contributed by atoms with E-state index in [2.05, 4.69) is 27.6 Å².